The lowest BCUT2D eigenvalue weighted by Crippen LogP contribution is -2.46. The number of amides is 2. The number of aromatic nitrogens is 1. The smallest absolute Gasteiger partial charge is 0.280 e. The quantitative estimate of drug-likeness (QED) is 0.450. The van der Waals surface area contributed by atoms with Crippen molar-refractivity contribution in [3.05, 3.63) is 75.3 Å². The largest absolute Gasteiger partial charge is 0.494 e. The van der Waals surface area contributed by atoms with Crippen LogP contribution in [0.5, 0.6) is 5.88 Å². The molecule has 0 bridgehead atoms. The minimum Gasteiger partial charge on any atom is -0.494 e. The molecule has 0 aliphatic carbocycles. The van der Waals surface area contributed by atoms with Gasteiger partial charge in [0.25, 0.3) is 11.8 Å². The van der Waals surface area contributed by atoms with Crippen LogP contribution in [0.2, 0.25) is 0 Å². The summed E-state index contributed by atoms with van der Waals surface area (Å²) in [6.45, 7) is 5.44. The van der Waals surface area contributed by atoms with Crippen molar-refractivity contribution in [1.82, 2.24) is 20.1 Å². The number of aliphatic imine (C=N–C) groups is 1. The van der Waals surface area contributed by atoms with Gasteiger partial charge in [0.15, 0.2) is 5.88 Å². The molecule has 5 rings (SSSR count). The summed E-state index contributed by atoms with van der Waals surface area (Å²) in [4.78, 5) is 37.5. The third-order valence-electron chi connectivity index (χ3n) is 6.47. The van der Waals surface area contributed by atoms with Gasteiger partial charge in [-0.3, -0.25) is 14.5 Å². The van der Waals surface area contributed by atoms with Gasteiger partial charge in [-0.2, -0.15) is 0 Å². The van der Waals surface area contributed by atoms with Gasteiger partial charge in [-0.25, -0.2) is 4.99 Å². The molecule has 3 aromatic rings. The number of carbonyl (C=O) groups excluding carboxylic acids is 2. The van der Waals surface area contributed by atoms with E-state index in [9.17, 15) is 14.7 Å². The normalized spacial score (nSPS) is 16.3. The highest BCUT2D eigenvalue weighted by Gasteiger charge is 2.33. The van der Waals surface area contributed by atoms with Crippen LogP contribution in [-0.2, 0) is 0 Å². The number of aromatic hydroxyl groups is 1. The van der Waals surface area contributed by atoms with Crippen molar-refractivity contribution in [2.24, 2.45) is 4.99 Å². The van der Waals surface area contributed by atoms with E-state index in [0.29, 0.717) is 40.2 Å². The molecular weight excluding hydrogens is 510 g/mol. The Hall–Kier alpha value is -3.27. The van der Waals surface area contributed by atoms with Crippen molar-refractivity contribution in [2.45, 2.75) is 0 Å². The molecule has 3 heterocycles. The van der Waals surface area contributed by atoms with Crippen LogP contribution in [0.25, 0.3) is 11.3 Å². The van der Waals surface area contributed by atoms with Crippen molar-refractivity contribution >= 4 is 33.5 Å². The van der Waals surface area contributed by atoms with Crippen LogP contribution in [-0.4, -0.2) is 83.7 Å². The Morgan fingerprint density at radius 2 is 1.83 bits per heavy atom. The minimum atomic E-state index is -0.427. The van der Waals surface area contributed by atoms with Crippen molar-refractivity contribution in [3.8, 4) is 17.1 Å². The maximum atomic E-state index is 12.9. The van der Waals surface area contributed by atoms with Crippen LogP contribution < -0.4 is 5.32 Å². The van der Waals surface area contributed by atoms with Gasteiger partial charge in [0, 0.05) is 54.9 Å². The number of benzene rings is 2. The van der Waals surface area contributed by atoms with Crippen LogP contribution in [0.3, 0.4) is 0 Å². The lowest BCUT2D eigenvalue weighted by molar-refractivity contribution is 0.0940. The molecule has 0 unspecified atom stereocenters. The van der Waals surface area contributed by atoms with E-state index >= 15 is 0 Å². The summed E-state index contributed by atoms with van der Waals surface area (Å²) < 4.78 is 0.857. The Kier molecular flexibility index (Phi) is 6.55. The summed E-state index contributed by atoms with van der Waals surface area (Å²) in [5.41, 5.74) is 3.39. The van der Waals surface area contributed by atoms with E-state index in [-0.39, 0.29) is 11.8 Å². The van der Waals surface area contributed by atoms with Gasteiger partial charge in [0.05, 0.1) is 22.5 Å². The van der Waals surface area contributed by atoms with Gasteiger partial charge in [-0.1, -0.05) is 40.2 Å². The van der Waals surface area contributed by atoms with Gasteiger partial charge >= 0.3 is 0 Å². The number of H-pyrrole nitrogens is 1. The Bertz CT molecular complexity index is 1320. The fourth-order valence-electron chi connectivity index (χ4n) is 4.52. The Balaban J connectivity index is 1.34. The predicted molar refractivity (Wildman–Crippen MR) is 138 cm³/mol. The third-order valence-corrected chi connectivity index (χ3v) is 6.96. The summed E-state index contributed by atoms with van der Waals surface area (Å²) in [6.07, 6.45) is 0. The maximum absolute atomic E-state index is 12.9. The zero-order valence-corrected chi connectivity index (χ0v) is 20.9. The van der Waals surface area contributed by atoms with Crippen LogP contribution in [0.4, 0.5) is 0 Å². The van der Waals surface area contributed by atoms with Crippen LogP contribution >= 0.6 is 15.9 Å². The number of nitrogens with zero attached hydrogens (tertiary/aromatic N) is 3. The maximum Gasteiger partial charge on any atom is 0.280 e. The van der Waals surface area contributed by atoms with Gasteiger partial charge in [0.2, 0.25) is 0 Å². The molecule has 9 heteroatoms. The van der Waals surface area contributed by atoms with Crippen molar-refractivity contribution in [1.29, 1.82) is 0 Å². The van der Waals surface area contributed by atoms with Crippen molar-refractivity contribution < 1.29 is 14.7 Å². The number of aromatic amines is 1. The molecule has 2 amide bonds. The van der Waals surface area contributed by atoms with E-state index in [4.69, 9.17) is 0 Å². The standard InChI is InChI=1S/C26H26BrN5O3/c1-31-10-12-32(13-11-31)9-8-28-24(33)18-6-2-4-16(14-18)22-20-21(26(35)29-22)23(30-25(20)34)17-5-3-7-19(27)15-17/h2-7,14-15,30,34H,8-13H2,1H3,(H,28,33). The highest BCUT2D eigenvalue weighted by atomic mass is 79.9. The second-order valence-electron chi connectivity index (χ2n) is 8.86. The van der Waals surface area contributed by atoms with E-state index in [0.717, 1.165) is 42.8 Å². The van der Waals surface area contributed by atoms with E-state index < -0.39 is 5.91 Å². The molecule has 1 fully saturated rings. The number of piperazine rings is 1. The molecule has 2 aromatic carbocycles. The van der Waals surface area contributed by atoms with E-state index in [1.165, 1.54) is 0 Å². The number of rotatable bonds is 6. The monoisotopic (exact) mass is 535 g/mol. The average molecular weight is 536 g/mol. The summed E-state index contributed by atoms with van der Waals surface area (Å²) in [5, 5.41) is 13.7. The molecule has 1 aromatic heterocycles. The fourth-order valence-corrected chi connectivity index (χ4v) is 4.92. The summed E-state index contributed by atoms with van der Waals surface area (Å²) in [6, 6.07) is 14.4. The van der Waals surface area contributed by atoms with E-state index in [1.807, 2.05) is 24.3 Å². The highest BCUT2D eigenvalue weighted by Crippen LogP contribution is 2.38. The van der Waals surface area contributed by atoms with Crippen molar-refractivity contribution in [2.75, 3.05) is 46.3 Å². The lowest BCUT2D eigenvalue weighted by Gasteiger charge is -2.32. The molecule has 35 heavy (non-hydrogen) atoms. The second kappa shape index (κ2) is 9.77. The number of likely N-dealkylation sites (N-methyl/N-ethyl adjacent to an activating group) is 1. The Morgan fingerprint density at radius 3 is 2.60 bits per heavy atom. The molecule has 0 saturated carbocycles. The number of nitrogens with one attached hydrogen (secondary N) is 2. The SMILES string of the molecule is CN1CCN(CCNC(=O)c2cccc(C3=NC(=O)c4c(-c5cccc(Br)c5)[nH]c(O)c43)c2)CC1. The second-order valence-corrected chi connectivity index (χ2v) is 9.77. The van der Waals surface area contributed by atoms with Gasteiger partial charge < -0.3 is 20.3 Å². The first-order chi connectivity index (χ1) is 16.9. The zero-order valence-electron chi connectivity index (χ0n) is 19.3. The van der Waals surface area contributed by atoms with E-state index in [2.05, 4.69) is 48.1 Å². The number of fused-ring (bicyclic) bond motifs is 1. The fraction of sp³-hybridized carbons (Fsp3) is 0.269. The van der Waals surface area contributed by atoms with Gasteiger partial charge in [0.1, 0.15) is 0 Å². The summed E-state index contributed by atoms with van der Waals surface area (Å²) in [7, 11) is 2.12. The number of carbonyl (C=O) groups is 2. The average Bonchev–Trinajstić information content (AvgIpc) is 3.38. The number of hydrogen-bond donors (Lipinski definition) is 3. The summed E-state index contributed by atoms with van der Waals surface area (Å²) in [5.74, 6) is -0.732. The van der Waals surface area contributed by atoms with Crippen molar-refractivity contribution in [3.63, 3.8) is 0 Å². The Labute approximate surface area is 211 Å². The molecule has 0 radical (unpaired) electrons. The summed E-state index contributed by atoms with van der Waals surface area (Å²) >= 11 is 3.44. The first-order valence-corrected chi connectivity index (χ1v) is 12.3. The van der Waals surface area contributed by atoms with Gasteiger partial charge in [-0.15, -0.1) is 0 Å². The zero-order chi connectivity index (χ0) is 24.5. The number of hydrogen-bond acceptors (Lipinski definition) is 5. The van der Waals surface area contributed by atoms with Crippen LogP contribution in [0, 0.1) is 0 Å². The molecule has 1 saturated heterocycles. The molecule has 2 aliphatic rings. The number of halogens is 1. The molecular formula is C26H26BrN5O3. The van der Waals surface area contributed by atoms with Gasteiger partial charge in [-0.05, 0) is 36.9 Å². The molecule has 180 valence electrons. The molecule has 0 atom stereocenters. The lowest BCUT2D eigenvalue weighted by atomic mass is 9.99. The molecule has 0 spiro atoms. The molecule has 8 nitrogen and oxygen atoms in total. The predicted octanol–water partition coefficient (Wildman–Crippen LogP) is 3.12. The third kappa shape index (κ3) is 4.80. The first kappa shape index (κ1) is 23.5. The minimum absolute atomic E-state index is 0.124. The Morgan fingerprint density at radius 1 is 1.09 bits per heavy atom. The van der Waals surface area contributed by atoms with Crippen LogP contribution in [0.1, 0.15) is 31.8 Å². The first-order valence-electron chi connectivity index (χ1n) is 11.5. The topological polar surface area (TPSA) is 101 Å². The van der Waals surface area contributed by atoms with E-state index in [1.54, 1.807) is 24.3 Å². The highest BCUT2D eigenvalue weighted by molar-refractivity contribution is 9.10. The van der Waals surface area contributed by atoms with Crippen LogP contribution in [0.15, 0.2) is 58.0 Å². The molecule has 2 aliphatic heterocycles. The molecule has 3 N–H and O–H groups in total.